The highest BCUT2D eigenvalue weighted by Gasteiger charge is 2.11. The highest BCUT2D eigenvalue weighted by atomic mass is 15.0. The third-order valence-electron chi connectivity index (χ3n) is 3.05. The highest BCUT2D eigenvalue weighted by Crippen LogP contribution is 2.21. The summed E-state index contributed by atoms with van der Waals surface area (Å²) in [6.45, 7) is 11.7. The van der Waals surface area contributed by atoms with E-state index in [2.05, 4.69) is 74.5 Å². The molecular weight excluding hydrogens is 246 g/mol. The molecule has 2 rings (SSSR count). The zero-order valence-electron chi connectivity index (χ0n) is 13.1. The molecule has 0 saturated carbocycles. The molecule has 1 heterocycles. The van der Waals surface area contributed by atoms with Crippen LogP contribution in [0, 0.1) is 0 Å². The molecule has 108 valence electrons. The fourth-order valence-corrected chi connectivity index (χ4v) is 2.12. The van der Waals surface area contributed by atoms with Crippen LogP contribution in [0.3, 0.4) is 0 Å². The second-order valence-electron chi connectivity index (χ2n) is 6.59. The van der Waals surface area contributed by atoms with Crippen LogP contribution in [0.1, 0.15) is 40.2 Å². The smallest absolute Gasteiger partial charge is 0.127 e. The van der Waals surface area contributed by atoms with Crippen molar-refractivity contribution in [1.82, 2.24) is 10.3 Å². The summed E-state index contributed by atoms with van der Waals surface area (Å²) in [5.41, 5.74) is 2.44. The molecule has 0 radical (unpaired) electrons. The fourth-order valence-electron chi connectivity index (χ4n) is 2.12. The third-order valence-corrected chi connectivity index (χ3v) is 3.05. The molecule has 1 aromatic heterocycles. The number of aromatic nitrogens is 1. The van der Waals surface area contributed by atoms with Gasteiger partial charge in [0.1, 0.15) is 5.82 Å². The summed E-state index contributed by atoms with van der Waals surface area (Å²) in [6.07, 6.45) is 0. The Balaban J connectivity index is 2.38. The van der Waals surface area contributed by atoms with Gasteiger partial charge in [-0.05, 0) is 52.3 Å². The van der Waals surface area contributed by atoms with E-state index in [1.807, 2.05) is 6.07 Å². The van der Waals surface area contributed by atoms with Crippen LogP contribution in [0.5, 0.6) is 0 Å². The fraction of sp³-hybridized carbons (Fsp3) is 0.471. The Morgan fingerprint density at radius 2 is 1.85 bits per heavy atom. The van der Waals surface area contributed by atoms with Gasteiger partial charge in [0, 0.05) is 23.5 Å². The molecule has 2 N–H and O–H groups in total. The van der Waals surface area contributed by atoms with Crippen LogP contribution in [0.2, 0.25) is 0 Å². The number of rotatable bonds is 4. The Hall–Kier alpha value is -1.61. The minimum atomic E-state index is 0.107. The van der Waals surface area contributed by atoms with Crippen LogP contribution in [0.15, 0.2) is 30.3 Å². The van der Waals surface area contributed by atoms with Crippen LogP contribution in [-0.2, 0) is 6.54 Å². The van der Waals surface area contributed by atoms with Gasteiger partial charge in [0.25, 0.3) is 0 Å². The Labute approximate surface area is 121 Å². The van der Waals surface area contributed by atoms with E-state index >= 15 is 0 Å². The molecule has 0 saturated heterocycles. The van der Waals surface area contributed by atoms with Gasteiger partial charge in [0.2, 0.25) is 0 Å². The lowest BCUT2D eigenvalue weighted by Crippen LogP contribution is -2.35. The average Bonchev–Trinajstić information content (AvgIpc) is 2.34. The summed E-state index contributed by atoms with van der Waals surface area (Å²) in [4.78, 5) is 4.68. The molecule has 2 aromatic rings. The SMILES string of the molecule is CC(C)Nc1cc(CNC(C)(C)C)c2ccccc2n1. The van der Waals surface area contributed by atoms with Gasteiger partial charge in [-0.2, -0.15) is 0 Å². The van der Waals surface area contributed by atoms with E-state index in [4.69, 9.17) is 0 Å². The summed E-state index contributed by atoms with van der Waals surface area (Å²) in [5.74, 6) is 0.949. The summed E-state index contributed by atoms with van der Waals surface area (Å²) in [7, 11) is 0. The lowest BCUT2D eigenvalue weighted by Gasteiger charge is -2.21. The minimum absolute atomic E-state index is 0.107. The molecule has 0 spiro atoms. The van der Waals surface area contributed by atoms with E-state index in [0.717, 1.165) is 17.9 Å². The van der Waals surface area contributed by atoms with Gasteiger partial charge in [-0.1, -0.05) is 18.2 Å². The molecule has 0 amide bonds. The van der Waals surface area contributed by atoms with Crippen molar-refractivity contribution in [2.45, 2.75) is 52.7 Å². The van der Waals surface area contributed by atoms with Gasteiger partial charge >= 0.3 is 0 Å². The van der Waals surface area contributed by atoms with E-state index in [1.54, 1.807) is 0 Å². The van der Waals surface area contributed by atoms with Crippen LogP contribution in [0.25, 0.3) is 10.9 Å². The van der Waals surface area contributed by atoms with E-state index in [0.29, 0.717) is 6.04 Å². The lowest BCUT2D eigenvalue weighted by molar-refractivity contribution is 0.425. The Bertz CT molecular complexity index is 582. The first-order valence-electron chi connectivity index (χ1n) is 7.25. The normalized spacial score (nSPS) is 12.1. The van der Waals surface area contributed by atoms with Crippen LogP contribution < -0.4 is 10.6 Å². The predicted octanol–water partition coefficient (Wildman–Crippen LogP) is 3.94. The summed E-state index contributed by atoms with van der Waals surface area (Å²) in [6, 6.07) is 10.9. The van der Waals surface area contributed by atoms with E-state index in [1.165, 1.54) is 10.9 Å². The van der Waals surface area contributed by atoms with Crippen molar-refractivity contribution >= 4 is 16.7 Å². The van der Waals surface area contributed by atoms with Gasteiger partial charge in [0.15, 0.2) is 0 Å². The molecule has 0 aliphatic carbocycles. The molecule has 0 aliphatic heterocycles. The van der Waals surface area contributed by atoms with Crippen molar-refractivity contribution in [2.24, 2.45) is 0 Å². The van der Waals surface area contributed by atoms with Crippen LogP contribution >= 0.6 is 0 Å². The zero-order chi connectivity index (χ0) is 14.8. The number of para-hydroxylation sites is 1. The molecule has 1 aromatic carbocycles. The summed E-state index contributed by atoms with van der Waals surface area (Å²) in [5, 5.41) is 8.17. The molecule has 20 heavy (non-hydrogen) atoms. The van der Waals surface area contributed by atoms with Crippen molar-refractivity contribution in [3.8, 4) is 0 Å². The van der Waals surface area contributed by atoms with Crippen molar-refractivity contribution in [1.29, 1.82) is 0 Å². The summed E-state index contributed by atoms with van der Waals surface area (Å²) >= 11 is 0. The molecule has 3 heteroatoms. The molecular formula is C17H25N3. The highest BCUT2D eigenvalue weighted by molar-refractivity contribution is 5.84. The first-order chi connectivity index (χ1) is 9.35. The maximum Gasteiger partial charge on any atom is 0.127 e. The van der Waals surface area contributed by atoms with E-state index in [9.17, 15) is 0 Å². The largest absolute Gasteiger partial charge is 0.368 e. The topological polar surface area (TPSA) is 37.0 Å². The molecule has 0 unspecified atom stereocenters. The Kier molecular flexibility index (Phi) is 4.29. The van der Waals surface area contributed by atoms with Gasteiger partial charge < -0.3 is 10.6 Å². The minimum Gasteiger partial charge on any atom is -0.368 e. The summed E-state index contributed by atoms with van der Waals surface area (Å²) < 4.78 is 0. The predicted molar refractivity (Wildman–Crippen MR) is 87.1 cm³/mol. The number of fused-ring (bicyclic) bond motifs is 1. The van der Waals surface area contributed by atoms with Gasteiger partial charge in [0.05, 0.1) is 5.52 Å². The van der Waals surface area contributed by atoms with Gasteiger partial charge in [-0.3, -0.25) is 0 Å². The first kappa shape index (κ1) is 14.8. The van der Waals surface area contributed by atoms with Crippen molar-refractivity contribution < 1.29 is 0 Å². The average molecular weight is 271 g/mol. The number of nitrogens with one attached hydrogen (secondary N) is 2. The van der Waals surface area contributed by atoms with Gasteiger partial charge in [-0.15, -0.1) is 0 Å². The number of anilines is 1. The second-order valence-corrected chi connectivity index (χ2v) is 6.59. The Morgan fingerprint density at radius 3 is 2.50 bits per heavy atom. The Morgan fingerprint density at radius 1 is 1.15 bits per heavy atom. The number of hydrogen-bond acceptors (Lipinski definition) is 3. The standard InChI is InChI=1S/C17H25N3/c1-12(2)19-16-10-13(11-18-17(3,4)5)14-8-6-7-9-15(14)20-16/h6-10,12,18H,11H2,1-5H3,(H,19,20). The zero-order valence-corrected chi connectivity index (χ0v) is 13.1. The monoisotopic (exact) mass is 271 g/mol. The number of benzene rings is 1. The lowest BCUT2D eigenvalue weighted by atomic mass is 10.1. The quantitative estimate of drug-likeness (QED) is 0.884. The maximum absolute atomic E-state index is 4.68. The van der Waals surface area contributed by atoms with E-state index < -0.39 is 0 Å². The molecule has 3 nitrogen and oxygen atoms in total. The van der Waals surface area contributed by atoms with Crippen molar-refractivity contribution in [2.75, 3.05) is 5.32 Å². The number of nitrogens with zero attached hydrogens (tertiary/aromatic N) is 1. The van der Waals surface area contributed by atoms with Gasteiger partial charge in [-0.25, -0.2) is 4.98 Å². The molecule has 0 fully saturated rings. The van der Waals surface area contributed by atoms with E-state index in [-0.39, 0.29) is 5.54 Å². The molecule has 0 atom stereocenters. The second kappa shape index (κ2) is 5.80. The van der Waals surface area contributed by atoms with Crippen molar-refractivity contribution in [3.05, 3.63) is 35.9 Å². The molecule has 0 bridgehead atoms. The number of hydrogen-bond donors (Lipinski definition) is 2. The number of pyridine rings is 1. The van der Waals surface area contributed by atoms with Crippen LogP contribution in [-0.4, -0.2) is 16.6 Å². The third kappa shape index (κ3) is 3.94. The molecule has 0 aliphatic rings. The maximum atomic E-state index is 4.68. The van der Waals surface area contributed by atoms with Crippen LogP contribution in [0.4, 0.5) is 5.82 Å². The first-order valence-corrected chi connectivity index (χ1v) is 7.25. The van der Waals surface area contributed by atoms with Crippen molar-refractivity contribution in [3.63, 3.8) is 0 Å².